The fourth-order valence-electron chi connectivity index (χ4n) is 2.15. The Bertz CT molecular complexity index is 1000. The van der Waals surface area contributed by atoms with Gasteiger partial charge in [0.2, 0.25) is 0 Å². The number of carbonyl (C=O) groups is 2. The van der Waals surface area contributed by atoms with Crippen LogP contribution in [0.3, 0.4) is 0 Å². The van der Waals surface area contributed by atoms with Crippen LogP contribution in [-0.4, -0.2) is 45.9 Å². The van der Waals surface area contributed by atoms with E-state index in [0.29, 0.717) is 5.69 Å². The quantitative estimate of drug-likeness (QED) is 0.503. The van der Waals surface area contributed by atoms with Gasteiger partial charge in [0.25, 0.3) is 5.91 Å². The molecule has 2 rings (SSSR count). The van der Waals surface area contributed by atoms with E-state index in [1.807, 2.05) is 0 Å². The van der Waals surface area contributed by atoms with E-state index in [0.717, 1.165) is 12.1 Å². The molecule has 0 fully saturated rings. The number of rotatable bonds is 6. The first-order valence-corrected chi connectivity index (χ1v) is 8.91. The SMILES string of the molecule is CCN(C(=O)c1cc(C(=O)O)c(O)cc1N=Nc1ccccc1)S(=O)(=O)O. The van der Waals surface area contributed by atoms with Crippen molar-refractivity contribution in [2.75, 3.05) is 6.54 Å². The third-order valence-corrected chi connectivity index (χ3v) is 4.38. The third kappa shape index (κ3) is 4.65. The van der Waals surface area contributed by atoms with Crippen molar-refractivity contribution in [2.45, 2.75) is 6.92 Å². The van der Waals surface area contributed by atoms with Gasteiger partial charge in [-0.05, 0) is 25.1 Å². The summed E-state index contributed by atoms with van der Waals surface area (Å²) in [6.45, 7) is 0.894. The number of carbonyl (C=O) groups excluding carboxylic acids is 1. The Balaban J connectivity index is 2.62. The fourth-order valence-corrected chi connectivity index (χ4v) is 2.79. The second-order valence-electron chi connectivity index (χ2n) is 5.17. The lowest BCUT2D eigenvalue weighted by molar-refractivity contribution is 0.0693. The average Bonchev–Trinajstić information content (AvgIpc) is 2.59. The van der Waals surface area contributed by atoms with Gasteiger partial charge in [0.15, 0.2) is 0 Å². The molecule has 0 spiro atoms. The zero-order valence-electron chi connectivity index (χ0n) is 14.0. The summed E-state index contributed by atoms with van der Waals surface area (Å²) >= 11 is 0. The highest BCUT2D eigenvalue weighted by atomic mass is 32.2. The summed E-state index contributed by atoms with van der Waals surface area (Å²) in [6, 6.07) is 9.96. The molecule has 0 atom stereocenters. The number of carboxylic acids is 1. The molecule has 0 heterocycles. The minimum atomic E-state index is -4.89. The maximum absolute atomic E-state index is 12.6. The van der Waals surface area contributed by atoms with Crippen LogP contribution in [0.4, 0.5) is 11.4 Å². The van der Waals surface area contributed by atoms with E-state index in [9.17, 15) is 27.7 Å². The standard InChI is InChI=1S/C16H15N3O7S/c1-2-19(27(24,25)26)15(21)11-8-12(16(22)23)14(20)9-13(11)18-17-10-6-4-3-5-7-10/h3-9,20H,2H2,1H3,(H,22,23)(H,24,25,26). The number of azo groups is 1. The predicted molar refractivity (Wildman–Crippen MR) is 93.9 cm³/mol. The van der Waals surface area contributed by atoms with Crippen molar-refractivity contribution in [1.29, 1.82) is 0 Å². The number of aromatic carboxylic acids is 1. The van der Waals surface area contributed by atoms with Crippen LogP contribution in [0.15, 0.2) is 52.7 Å². The third-order valence-electron chi connectivity index (χ3n) is 3.40. The largest absolute Gasteiger partial charge is 0.507 e. The van der Waals surface area contributed by atoms with E-state index < -0.39 is 45.6 Å². The molecule has 1 amide bonds. The molecule has 10 nitrogen and oxygen atoms in total. The highest BCUT2D eigenvalue weighted by Gasteiger charge is 2.28. The predicted octanol–water partition coefficient (Wildman–Crippen LogP) is 2.77. The minimum Gasteiger partial charge on any atom is -0.507 e. The number of phenols is 1. The Morgan fingerprint density at radius 2 is 1.70 bits per heavy atom. The lowest BCUT2D eigenvalue weighted by Crippen LogP contribution is -2.36. The molecule has 0 saturated heterocycles. The highest BCUT2D eigenvalue weighted by molar-refractivity contribution is 7.84. The molecular formula is C16H15N3O7S. The lowest BCUT2D eigenvalue weighted by atomic mass is 10.1. The monoisotopic (exact) mass is 393 g/mol. The molecule has 11 heteroatoms. The van der Waals surface area contributed by atoms with Crippen LogP contribution in [0.1, 0.15) is 27.6 Å². The van der Waals surface area contributed by atoms with Gasteiger partial charge in [0.05, 0.1) is 11.3 Å². The van der Waals surface area contributed by atoms with Gasteiger partial charge in [0, 0.05) is 12.6 Å². The van der Waals surface area contributed by atoms with Crippen LogP contribution in [-0.2, 0) is 10.3 Å². The molecule has 0 saturated carbocycles. The van der Waals surface area contributed by atoms with Gasteiger partial charge in [0.1, 0.15) is 17.0 Å². The maximum Gasteiger partial charge on any atom is 0.362 e. The number of benzene rings is 2. The number of hydrogen-bond acceptors (Lipinski definition) is 7. The molecule has 0 aromatic heterocycles. The second kappa shape index (κ2) is 7.93. The van der Waals surface area contributed by atoms with E-state index in [1.54, 1.807) is 30.3 Å². The molecule has 3 N–H and O–H groups in total. The molecule has 2 aromatic carbocycles. The van der Waals surface area contributed by atoms with E-state index in [1.165, 1.54) is 6.92 Å². The van der Waals surface area contributed by atoms with E-state index in [2.05, 4.69) is 10.2 Å². The molecule has 2 aromatic rings. The van der Waals surface area contributed by atoms with Crippen LogP contribution >= 0.6 is 0 Å². The maximum atomic E-state index is 12.6. The van der Waals surface area contributed by atoms with Crippen LogP contribution in [0, 0.1) is 0 Å². The molecule has 142 valence electrons. The molecule has 0 unspecified atom stereocenters. The molecule has 0 bridgehead atoms. The van der Waals surface area contributed by atoms with Crippen molar-refractivity contribution in [3.05, 3.63) is 53.6 Å². The molecule has 27 heavy (non-hydrogen) atoms. The molecule has 0 aliphatic rings. The summed E-state index contributed by atoms with van der Waals surface area (Å²) in [4.78, 5) is 23.8. The molecule has 0 radical (unpaired) electrons. The van der Waals surface area contributed by atoms with Gasteiger partial charge in [-0.2, -0.15) is 13.5 Å². The van der Waals surface area contributed by atoms with Crippen molar-refractivity contribution < 1.29 is 32.8 Å². The Morgan fingerprint density at radius 3 is 2.22 bits per heavy atom. The van der Waals surface area contributed by atoms with Crippen LogP contribution < -0.4 is 0 Å². The number of hydrogen-bond donors (Lipinski definition) is 3. The van der Waals surface area contributed by atoms with Crippen LogP contribution in [0.5, 0.6) is 5.75 Å². The summed E-state index contributed by atoms with van der Waals surface area (Å²) < 4.78 is 32.1. The lowest BCUT2D eigenvalue weighted by Gasteiger charge is -2.18. The van der Waals surface area contributed by atoms with Crippen molar-refractivity contribution in [2.24, 2.45) is 10.2 Å². The van der Waals surface area contributed by atoms with Gasteiger partial charge < -0.3 is 10.2 Å². The summed E-state index contributed by atoms with van der Waals surface area (Å²) in [5, 5.41) is 26.6. The average molecular weight is 393 g/mol. The molecule has 0 aliphatic heterocycles. The summed E-state index contributed by atoms with van der Waals surface area (Å²) in [6.07, 6.45) is 0. The van der Waals surface area contributed by atoms with Crippen molar-refractivity contribution >= 4 is 33.6 Å². The van der Waals surface area contributed by atoms with Gasteiger partial charge in [-0.15, -0.1) is 5.11 Å². The number of carboxylic acid groups (broad SMARTS) is 1. The minimum absolute atomic E-state index is 0.131. The summed E-state index contributed by atoms with van der Waals surface area (Å²) in [5.41, 5.74) is -0.971. The van der Waals surface area contributed by atoms with Gasteiger partial charge in [-0.1, -0.05) is 18.2 Å². The number of nitrogens with zero attached hydrogens (tertiary/aromatic N) is 3. The second-order valence-corrected chi connectivity index (χ2v) is 6.51. The smallest absolute Gasteiger partial charge is 0.362 e. The molecular weight excluding hydrogens is 378 g/mol. The van der Waals surface area contributed by atoms with Crippen molar-refractivity contribution in [3.8, 4) is 5.75 Å². The first-order valence-electron chi connectivity index (χ1n) is 7.51. The number of aromatic hydroxyl groups is 1. The first-order chi connectivity index (χ1) is 12.6. The van der Waals surface area contributed by atoms with Gasteiger partial charge >= 0.3 is 16.3 Å². The van der Waals surface area contributed by atoms with Gasteiger partial charge in [-0.3, -0.25) is 9.35 Å². The Kier molecular flexibility index (Phi) is 5.88. The Labute approximate surface area is 154 Å². The number of amides is 1. The normalized spacial score (nSPS) is 11.5. The summed E-state index contributed by atoms with van der Waals surface area (Å²) in [5.74, 6) is -3.44. The zero-order valence-corrected chi connectivity index (χ0v) is 14.8. The fraction of sp³-hybridized carbons (Fsp3) is 0.125. The van der Waals surface area contributed by atoms with E-state index >= 15 is 0 Å². The van der Waals surface area contributed by atoms with Gasteiger partial charge in [-0.25, -0.2) is 9.10 Å². The van der Waals surface area contributed by atoms with E-state index in [4.69, 9.17) is 5.11 Å². The van der Waals surface area contributed by atoms with Crippen LogP contribution in [0.2, 0.25) is 0 Å². The highest BCUT2D eigenvalue weighted by Crippen LogP contribution is 2.31. The van der Waals surface area contributed by atoms with Crippen molar-refractivity contribution in [1.82, 2.24) is 4.31 Å². The van der Waals surface area contributed by atoms with Crippen LogP contribution in [0.25, 0.3) is 0 Å². The Hall–Kier alpha value is -3.31. The van der Waals surface area contributed by atoms with E-state index in [-0.39, 0.29) is 9.99 Å². The Morgan fingerprint density at radius 1 is 1.07 bits per heavy atom. The summed E-state index contributed by atoms with van der Waals surface area (Å²) in [7, 11) is -4.89. The first kappa shape index (κ1) is 20.0. The zero-order chi connectivity index (χ0) is 20.2. The molecule has 0 aliphatic carbocycles. The van der Waals surface area contributed by atoms with Crippen molar-refractivity contribution in [3.63, 3.8) is 0 Å². The topological polar surface area (TPSA) is 157 Å².